The van der Waals surface area contributed by atoms with Crippen LogP contribution in [0.5, 0.6) is 0 Å². The van der Waals surface area contributed by atoms with E-state index < -0.39 is 17.2 Å². The Balaban J connectivity index is 1.68. The predicted octanol–water partition coefficient (Wildman–Crippen LogP) is 1.89. The molecule has 1 aliphatic rings. The number of benzene rings is 1. The normalized spacial score (nSPS) is 17.1. The summed E-state index contributed by atoms with van der Waals surface area (Å²) in [6, 6.07) is 5.79. The van der Waals surface area contributed by atoms with Crippen LogP contribution in [0.3, 0.4) is 0 Å². The first-order valence-corrected chi connectivity index (χ1v) is 8.58. The summed E-state index contributed by atoms with van der Waals surface area (Å²) in [5.41, 5.74) is -0.0118. The van der Waals surface area contributed by atoms with Gasteiger partial charge in [-0.2, -0.15) is 5.10 Å². The second kappa shape index (κ2) is 7.41. The van der Waals surface area contributed by atoms with E-state index in [9.17, 15) is 13.6 Å². The molecule has 3 rings (SSSR count). The van der Waals surface area contributed by atoms with E-state index in [0.717, 1.165) is 6.07 Å². The van der Waals surface area contributed by atoms with Crippen LogP contribution in [0.4, 0.5) is 14.6 Å². The Morgan fingerprint density at radius 1 is 1.23 bits per heavy atom. The molecule has 1 aromatic carbocycles. The number of halogens is 2. The van der Waals surface area contributed by atoms with Gasteiger partial charge in [-0.1, -0.05) is 6.07 Å². The maximum absolute atomic E-state index is 13.4. The third-order valence-electron chi connectivity index (χ3n) is 4.84. The molecule has 2 N–H and O–H groups in total. The van der Waals surface area contributed by atoms with E-state index in [-0.39, 0.29) is 5.91 Å². The van der Waals surface area contributed by atoms with E-state index in [0.29, 0.717) is 43.9 Å². The van der Waals surface area contributed by atoms with Gasteiger partial charge >= 0.3 is 0 Å². The maximum Gasteiger partial charge on any atom is 0.245 e. The van der Waals surface area contributed by atoms with Gasteiger partial charge in [-0.15, -0.1) is 0 Å². The molecular weight excluding hydrogens is 340 g/mol. The van der Waals surface area contributed by atoms with Crippen LogP contribution in [0, 0.1) is 11.6 Å². The smallest absolute Gasteiger partial charge is 0.245 e. The average Bonchev–Trinajstić information content (AvgIpc) is 3.04. The fraction of sp³-hybridized carbons (Fsp3) is 0.444. The second-order valence-electron chi connectivity index (χ2n) is 6.69. The lowest BCUT2D eigenvalue weighted by atomic mass is 9.86. The highest BCUT2D eigenvalue weighted by Crippen LogP contribution is 2.28. The lowest BCUT2D eigenvalue weighted by molar-refractivity contribution is -0.126. The molecule has 0 aliphatic carbocycles. The SMILES string of the molecule is CNC(=O)C1(Nc2ccn(C)n2)CCN(Cc2ccc(F)c(F)c2)CC1. The van der Waals surface area contributed by atoms with Crippen LogP contribution in [0.2, 0.25) is 0 Å². The summed E-state index contributed by atoms with van der Waals surface area (Å²) >= 11 is 0. The summed E-state index contributed by atoms with van der Waals surface area (Å²) in [4.78, 5) is 14.7. The van der Waals surface area contributed by atoms with Crippen molar-refractivity contribution in [1.29, 1.82) is 0 Å². The number of carbonyl (C=O) groups is 1. The van der Waals surface area contributed by atoms with Gasteiger partial charge in [-0.05, 0) is 30.5 Å². The van der Waals surface area contributed by atoms with Crippen LogP contribution in [0.25, 0.3) is 0 Å². The summed E-state index contributed by atoms with van der Waals surface area (Å²) in [6.07, 6.45) is 3.00. The molecule has 26 heavy (non-hydrogen) atoms. The maximum atomic E-state index is 13.4. The molecule has 0 saturated carbocycles. The summed E-state index contributed by atoms with van der Waals surface area (Å²) in [6.45, 7) is 1.84. The van der Waals surface area contributed by atoms with Gasteiger partial charge in [0.2, 0.25) is 5.91 Å². The number of hydrogen-bond acceptors (Lipinski definition) is 4. The van der Waals surface area contributed by atoms with Crippen molar-refractivity contribution < 1.29 is 13.6 Å². The van der Waals surface area contributed by atoms with Crippen molar-refractivity contribution >= 4 is 11.7 Å². The zero-order valence-corrected chi connectivity index (χ0v) is 14.9. The van der Waals surface area contributed by atoms with Crippen LogP contribution >= 0.6 is 0 Å². The fourth-order valence-electron chi connectivity index (χ4n) is 3.36. The largest absolute Gasteiger partial charge is 0.357 e. The molecule has 0 spiro atoms. The standard InChI is InChI=1S/C18H23F2N5O/c1-21-17(26)18(22-16-5-8-24(2)23-16)6-9-25(10-7-18)12-13-3-4-14(19)15(20)11-13/h3-5,8,11H,6-7,9-10,12H2,1-2H3,(H,21,26)(H,22,23). The van der Waals surface area contributed by atoms with Crippen molar-refractivity contribution in [3.05, 3.63) is 47.7 Å². The number of piperidine rings is 1. The number of amides is 1. The first kappa shape index (κ1) is 18.3. The average molecular weight is 363 g/mol. The number of likely N-dealkylation sites (N-methyl/N-ethyl adjacent to an activating group) is 1. The van der Waals surface area contributed by atoms with Crippen LogP contribution in [-0.4, -0.2) is 46.3 Å². The molecule has 1 aromatic heterocycles. The number of aromatic nitrogens is 2. The van der Waals surface area contributed by atoms with Crippen LogP contribution in [-0.2, 0) is 18.4 Å². The molecule has 0 bridgehead atoms. The van der Waals surface area contributed by atoms with Crippen LogP contribution in [0.15, 0.2) is 30.5 Å². The molecule has 0 radical (unpaired) electrons. The molecule has 1 fully saturated rings. The molecule has 140 valence electrons. The minimum Gasteiger partial charge on any atom is -0.357 e. The molecule has 2 heterocycles. The molecule has 8 heteroatoms. The minimum absolute atomic E-state index is 0.0735. The van der Waals surface area contributed by atoms with Gasteiger partial charge in [0.1, 0.15) is 11.4 Å². The Morgan fingerprint density at radius 3 is 2.54 bits per heavy atom. The first-order chi connectivity index (χ1) is 12.4. The van der Waals surface area contributed by atoms with E-state index >= 15 is 0 Å². The molecule has 1 aliphatic heterocycles. The van der Waals surface area contributed by atoms with Crippen molar-refractivity contribution in [3.8, 4) is 0 Å². The Kier molecular flexibility index (Phi) is 5.22. The number of likely N-dealkylation sites (tertiary alicyclic amines) is 1. The van der Waals surface area contributed by atoms with Gasteiger partial charge in [0.25, 0.3) is 0 Å². The number of aryl methyl sites for hydroxylation is 1. The van der Waals surface area contributed by atoms with Gasteiger partial charge in [0, 0.05) is 46.0 Å². The number of carbonyl (C=O) groups excluding carboxylic acids is 1. The number of hydrogen-bond donors (Lipinski definition) is 2. The van der Waals surface area contributed by atoms with Crippen LogP contribution in [0.1, 0.15) is 18.4 Å². The van der Waals surface area contributed by atoms with Crippen molar-refractivity contribution in [3.63, 3.8) is 0 Å². The van der Waals surface area contributed by atoms with Gasteiger partial charge in [0.05, 0.1) is 0 Å². The van der Waals surface area contributed by atoms with E-state index in [1.807, 2.05) is 19.3 Å². The third kappa shape index (κ3) is 3.85. The van der Waals surface area contributed by atoms with E-state index in [1.54, 1.807) is 17.8 Å². The molecular formula is C18H23F2N5O. The monoisotopic (exact) mass is 363 g/mol. The summed E-state index contributed by atoms with van der Waals surface area (Å²) < 4.78 is 28.1. The Hall–Kier alpha value is -2.48. The van der Waals surface area contributed by atoms with Crippen molar-refractivity contribution in [2.75, 3.05) is 25.5 Å². The Labute approximate surface area is 151 Å². The number of rotatable bonds is 5. The highest BCUT2D eigenvalue weighted by atomic mass is 19.2. The van der Waals surface area contributed by atoms with Crippen molar-refractivity contribution in [2.24, 2.45) is 7.05 Å². The van der Waals surface area contributed by atoms with Gasteiger partial charge in [-0.3, -0.25) is 14.4 Å². The van der Waals surface area contributed by atoms with Gasteiger partial charge < -0.3 is 10.6 Å². The van der Waals surface area contributed by atoms with E-state index in [4.69, 9.17) is 0 Å². The minimum atomic E-state index is -0.842. The molecule has 6 nitrogen and oxygen atoms in total. The quantitative estimate of drug-likeness (QED) is 0.852. The van der Waals surface area contributed by atoms with Gasteiger partial charge in [0.15, 0.2) is 11.6 Å². The Morgan fingerprint density at radius 2 is 1.96 bits per heavy atom. The van der Waals surface area contributed by atoms with E-state index in [1.165, 1.54) is 6.07 Å². The molecule has 0 atom stereocenters. The second-order valence-corrected chi connectivity index (χ2v) is 6.69. The Bertz CT molecular complexity index is 784. The predicted molar refractivity (Wildman–Crippen MR) is 94.5 cm³/mol. The van der Waals surface area contributed by atoms with E-state index in [2.05, 4.69) is 20.6 Å². The zero-order valence-electron chi connectivity index (χ0n) is 14.9. The van der Waals surface area contributed by atoms with Crippen molar-refractivity contribution in [2.45, 2.75) is 24.9 Å². The zero-order chi connectivity index (χ0) is 18.7. The molecule has 1 saturated heterocycles. The molecule has 0 unspecified atom stereocenters. The molecule has 2 aromatic rings. The summed E-state index contributed by atoms with van der Waals surface area (Å²) in [5, 5.41) is 10.3. The fourth-order valence-corrected chi connectivity index (χ4v) is 3.36. The molecule has 1 amide bonds. The summed E-state index contributed by atoms with van der Waals surface area (Å²) in [7, 11) is 3.44. The number of nitrogens with one attached hydrogen (secondary N) is 2. The van der Waals surface area contributed by atoms with Gasteiger partial charge in [-0.25, -0.2) is 8.78 Å². The third-order valence-corrected chi connectivity index (χ3v) is 4.84. The lowest BCUT2D eigenvalue weighted by Crippen LogP contribution is -2.57. The highest BCUT2D eigenvalue weighted by molar-refractivity contribution is 5.89. The first-order valence-electron chi connectivity index (χ1n) is 8.58. The highest BCUT2D eigenvalue weighted by Gasteiger charge is 2.41. The van der Waals surface area contributed by atoms with Crippen molar-refractivity contribution in [1.82, 2.24) is 20.0 Å². The topological polar surface area (TPSA) is 62.2 Å². The lowest BCUT2D eigenvalue weighted by Gasteiger charge is -2.41. The number of anilines is 1. The number of nitrogens with zero attached hydrogens (tertiary/aromatic N) is 3. The summed E-state index contributed by atoms with van der Waals surface area (Å²) in [5.74, 6) is -1.09. The van der Waals surface area contributed by atoms with Crippen LogP contribution < -0.4 is 10.6 Å².